The summed E-state index contributed by atoms with van der Waals surface area (Å²) in [7, 11) is -0.398. The molecule has 0 saturated carbocycles. The van der Waals surface area contributed by atoms with Gasteiger partial charge in [-0.25, -0.2) is 8.78 Å². The Morgan fingerprint density at radius 2 is 1.00 bits per heavy atom. The Morgan fingerprint density at radius 1 is 0.556 bits per heavy atom. The number of hydrogen-bond acceptors (Lipinski definition) is 10. The van der Waals surface area contributed by atoms with Crippen molar-refractivity contribution in [3.05, 3.63) is 122 Å². The fraction of sp³-hybridized carbons (Fsp3) is 0.429. The van der Waals surface area contributed by atoms with E-state index in [1.54, 1.807) is 40.9 Å². The van der Waals surface area contributed by atoms with Crippen LogP contribution in [0.2, 0.25) is 10.0 Å². The van der Waals surface area contributed by atoms with Gasteiger partial charge in [0.15, 0.2) is 0 Å². The van der Waals surface area contributed by atoms with E-state index in [-0.39, 0.29) is 22.8 Å². The molecule has 4 aromatic heterocycles. The molecule has 1 aliphatic rings. The third-order valence-electron chi connectivity index (χ3n) is 14.0. The van der Waals surface area contributed by atoms with Crippen LogP contribution in [0.25, 0.3) is 53.4 Å². The molecule has 72 heavy (non-hydrogen) atoms. The van der Waals surface area contributed by atoms with E-state index in [0.29, 0.717) is 21.2 Å². The van der Waals surface area contributed by atoms with E-state index < -0.39 is 7.12 Å². The number of benzene rings is 4. The van der Waals surface area contributed by atoms with Crippen LogP contribution in [0.15, 0.2) is 89.4 Å². The predicted molar refractivity (Wildman–Crippen MR) is 310 cm³/mol. The van der Waals surface area contributed by atoms with Crippen molar-refractivity contribution >= 4 is 119 Å². The summed E-state index contributed by atoms with van der Waals surface area (Å²) < 4.78 is 60.9. The lowest BCUT2D eigenvalue weighted by Gasteiger charge is -2.32. The van der Waals surface area contributed by atoms with Crippen LogP contribution in [0.3, 0.4) is 0 Å². The Morgan fingerprint density at radius 3 is 1.50 bits per heavy atom. The van der Waals surface area contributed by atoms with E-state index >= 15 is 0 Å². The molecule has 382 valence electrons. The zero-order valence-corrected chi connectivity index (χ0v) is 48.8. The quantitative estimate of drug-likeness (QED) is 0.0798. The van der Waals surface area contributed by atoms with Crippen LogP contribution >= 0.6 is 85.3 Å². The van der Waals surface area contributed by atoms with Gasteiger partial charge in [-0.2, -0.15) is 17.5 Å². The molecule has 1 aliphatic heterocycles. The lowest BCUT2D eigenvalue weighted by Crippen LogP contribution is -2.41. The molecule has 0 radical (unpaired) electrons. The minimum atomic E-state index is -0.398. The summed E-state index contributed by atoms with van der Waals surface area (Å²) in [6.07, 6.45) is 14.2. The van der Waals surface area contributed by atoms with Gasteiger partial charge in [0.25, 0.3) is 0 Å². The van der Waals surface area contributed by atoms with E-state index in [9.17, 15) is 8.78 Å². The van der Waals surface area contributed by atoms with Gasteiger partial charge < -0.3 is 9.31 Å². The molecule has 0 aliphatic carbocycles. The molecule has 0 amide bonds. The molecule has 1 saturated heterocycles. The molecule has 8 aromatic rings. The topological polar surface area (TPSA) is 70.0 Å². The van der Waals surface area contributed by atoms with E-state index in [2.05, 4.69) is 73.3 Å². The third-order valence-corrected chi connectivity index (χ3v) is 18.6. The monoisotopic (exact) mass is 1150 g/mol. The number of thiophene rings is 2. The molecule has 0 bridgehead atoms. The number of rotatable bonds is 18. The first-order chi connectivity index (χ1) is 34.6. The summed E-state index contributed by atoms with van der Waals surface area (Å²) in [5.41, 5.74) is 6.85. The summed E-state index contributed by atoms with van der Waals surface area (Å²) in [5, 5.41) is 1.25. The van der Waals surface area contributed by atoms with E-state index in [1.165, 1.54) is 63.1 Å². The minimum Gasteiger partial charge on any atom is -0.399 e. The second-order valence-corrected chi connectivity index (χ2v) is 24.5. The Hall–Kier alpha value is -3.18. The smallest absolute Gasteiger partial charge is 0.399 e. The standard InChI is InChI=1S/C25H36BFO2S.C25H26ClFN2S2.C6H2BrClN2S/c1-7-9-10-18(8-2)11-12-19-13-14-20(21(27)17-19)22-15-16-23(30-22)26-28-24(3,4)25(5,6)29-26;1-3-5-6-16(4-2)7-8-17-9-10-18(21(27)15-17)22-13-14-23(30-22)19-11-12-20(26)25-24(19)28-31-29-25;7-3-1-2-4(8)6-5(3)9-11-10-6/h13-18H,7-12H2,1-6H3;9-16H,3-8H2,1-2H3;1-2H. The maximum absolute atomic E-state index is 15.0. The number of nitrogens with zero attached hydrogens (tertiary/aromatic N) is 4. The van der Waals surface area contributed by atoms with E-state index in [1.807, 2.05) is 82.3 Å². The van der Waals surface area contributed by atoms with Crippen LogP contribution in [-0.2, 0) is 22.2 Å². The number of fused-ring (bicyclic) bond motifs is 2. The van der Waals surface area contributed by atoms with Crippen molar-refractivity contribution < 1.29 is 18.1 Å². The Kier molecular flexibility index (Phi) is 20.5. The van der Waals surface area contributed by atoms with Crippen molar-refractivity contribution in [3.8, 4) is 31.3 Å². The van der Waals surface area contributed by atoms with Gasteiger partial charge in [-0.3, -0.25) is 0 Å². The molecule has 0 spiro atoms. The highest BCUT2D eigenvalue weighted by Gasteiger charge is 2.52. The molecule has 0 N–H and O–H groups in total. The summed E-state index contributed by atoms with van der Waals surface area (Å²) in [4.78, 5) is 2.87. The average molecular weight is 1150 g/mol. The molecular weight excluding hydrogens is 1090 g/mol. The van der Waals surface area contributed by atoms with Crippen molar-refractivity contribution in [3.63, 3.8) is 0 Å². The van der Waals surface area contributed by atoms with Crippen molar-refractivity contribution in [1.82, 2.24) is 17.5 Å². The Labute approximate surface area is 460 Å². The van der Waals surface area contributed by atoms with Crippen LogP contribution in [0.1, 0.15) is 131 Å². The summed E-state index contributed by atoms with van der Waals surface area (Å²) in [6, 6.07) is 26.9. The first kappa shape index (κ1) is 56.5. The fourth-order valence-electron chi connectivity index (χ4n) is 8.71. The van der Waals surface area contributed by atoms with Crippen molar-refractivity contribution in [2.75, 3.05) is 0 Å². The average Bonchev–Trinajstić information content (AvgIpc) is 4.23. The van der Waals surface area contributed by atoms with Crippen LogP contribution in [0, 0.1) is 23.5 Å². The lowest BCUT2D eigenvalue weighted by atomic mass is 9.88. The molecular formula is C56H64BBrCl2F2N4O2S4. The van der Waals surface area contributed by atoms with Crippen LogP contribution in [0.5, 0.6) is 0 Å². The summed E-state index contributed by atoms with van der Waals surface area (Å²) in [6.45, 7) is 17.2. The second kappa shape index (κ2) is 26.1. The van der Waals surface area contributed by atoms with Gasteiger partial charge in [0.1, 0.15) is 33.7 Å². The lowest BCUT2D eigenvalue weighted by molar-refractivity contribution is 0.00578. The van der Waals surface area contributed by atoms with Crippen molar-refractivity contribution in [1.29, 1.82) is 0 Å². The highest BCUT2D eigenvalue weighted by atomic mass is 79.9. The molecule has 9 rings (SSSR count). The SMILES string of the molecule is CCCCC(CC)CCc1ccc(-c2ccc(-c3ccc(Cl)c4nsnc34)s2)c(F)c1.CCCCC(CC)CCc1ccc(-c2ccc(B3OC(C)(C)C(C)(C)O3)s2)c(F)c1.Clc1ccc(Br)c2nsnc12. The largest absolute Gasteiger partial charge is 0.505 e. The van der Waals surface area contributed by atoms with Gasteiger partial charge in [-0.15, -0.1) is 22.7 Å². The first-order valence-corrected chi connectivity index (χ1v) is 29.8. The number of hydrogen-bond donors (Lipinski definition) is 0. The number of aryl methyl sites for hydroxylation is 2. The normalized spacial score (nSPS) is 14.8. The predicted octanol–water partition coefficient (Wildman–Crippen LogP) is 19.1. The molecule has 5 heterocycles. The zero-order chi connectivity index (χ0) is 51.6. The van der Waals surface area contributed by atoms with Gasteiger partial charge in [0.2, 0.25) is 0 Å². The first-order valence-electron chi connectivity index (χ1n) is 25.2. The third kappa shape index (κ3) is 14.0. The molecule has 2 unspecified atom stereocenters. The molecule has 4 aromatic carbocycles. The van der Waals surface area contributed by atoms with Gasteiger partial charge >= 0.3 is 7.12 Å². The van der Waals surface area contributed by atoms with Crippen LogP contribution < -0.4 is 4.78 Å². The van der Waals surface area contributed by atoms with Gasteiger partial charge in [-0.1, -0.05) is 133 Å². The maximum atomic E-state index is 15.0. The fourth-order valence-corrected chi connectivity index (χ4v) is 12.9. The molecule has 6 nitrogen and oxygen atoms in total. The highest BCUT2D eigenvalue weighted by molar-refractivity contribution is 9.10. The Bertz CT molecular complexity index is 2980. The summed E-state index contributed by atoms with van der Waals surface area (Å²) >= 11 is 20.9. The second-order valence-electron chi connectivity index (χ2n) is 19.5. The van der Waals surface area contributed by atoms with Gasteiger partial charge in [0, 0.05) is 40.6 Å². The minimum absolute atomic E-state index is 0.142. The summed E-state index contributed by atoms with van der Waals surface area (Å²) in [5.74, 6) is 1.19. The molecule has 2 atom stereocenters. The number of halogens is 5. The Balaban J connectivity index is 0.000000174. The highest BCUT2D eigenvalue weighted by Crippen LogP contribution is 2.41. The zero-order valence-electron chi connectivity index (χ0n) is 42.4. The van der Waals surface area contributed by atoms with Gasteiger partial charge in [-0.05, 0) is 147 Å². The molecule has 1 fully saturated rings. The van der Waals surface area contributed by atoms with Crippen molar-refractivity contribution in [2.24, 2.45) is 11.8 Å². The maximum Gasteiger partial charge on any atom is 0.505 e. The number of aromatic nitrogens is 4. The van der Waals surface area contributed by atoms with E-state index in [0.717, 1.165) is 112 Å². The number of unbranched alkanes of at least 4 members (excludes halogenated alkanes) is 2. The molecule has 16 heteroatoms. The van der Waals surface area contributed by atoms with Crippen LogP contribution in [0.4, 0.5) is 8.78 Å². The van der Waals surface area contributed by atoms with Gasteiger partial charge in [0.05, 0.1) is 44.7 Å². The van der Waals surface area contributed by atoms with E-state index in [4.69, 9.17) is 32.5 Å². The van der Waals surface area contributed by atoms with Crippen LogP contribution in [-0.4, -0.2) is 35.8 Å². The van der Waals surface area contributed by atoms with Crippen molar-refractivity contribution in [2.45, 2.75) is 144 Å².